The molecule has 0 bridgehead atoms. The third-order valence-corrected chi connectivity index (χ3v) is 5.27. The number of nitrogens with one attached hydrogen (secondary N) is 1. The Morgan fingerprint density at radius 1 is 1.20 bits per heavy atom. The molecule has 0 aromatic heterocycles. The van der Waals surface area contributed by atoms with Crippen LogP contribution in [0.4, 0.5) is 0 Å². The summed E-state index contributed by atoms with van der Waals surface area (Å²) in [6.07, 6.45) is 7.46. The first-order chi connectivity index (χ1) is 9.37. The Kier molecular flexibility index (Phi) is 6.92. The van der Waals surface area contributed by atoms with Crippen molar-refractivity contribution in [1.29, 1.82) is 0 Å². The van der Waals surface area contributed by atoms with Gasteiger partial charge in [0.05, 0.1) is 6.61 Å². The Morgan fingerprint density at radius 2 is 1.85 bits per heavy atom. The Hall–Kier alpha value is -0.160. The highest BCUT2D eigenvalue weighted by atomic mass is 16.3. The van der Waals surface area contributed by atoms with Crippen LogP contribution in [0.1, 0.15) is 45.4 Å². The van der Waals surface area contributed by atoms with E-state index in [4.69, 9.17) is 0 Å². The number of unbranched alkanes of at least 4 members (excludes halogenated alkanes) is 1. The molecule has 120 valence electrons. The minimum Gasteiger partial charge on any atom is -0.394 e. The summed E-state index contributed by atoms with van der Waals surface area (Å²) in [5.41, 5.74) is 0.316. The lowest BCUT2D eigenvalue weighted by Gasteiger charge is -2.49. The van der Waals surface area contributed by atoms with Crippen LogP contribution in [-0.2, 0) is 0 Å². The zero-order valence-electron chi connectivity index (χ0n) is 14.2. The highest BCUT2D eigenvalue weighted by Gasteiger charge is 2.39. The van der Waals surface area contributed by atoms with E-state index in [1.165, 1.54) is 32.2 Å². The first-order valence-corrected chi connectivity index (χ1v) is 8.03. The summed E-state index contributed by atoms with van der Waals surface area (Å²) in [5, 5.41) is 12.6. The summed E-state index contributed by atoms with van der Waals surface area (Å²) in [6, 6.07) is 0. The maximum atomic E-state index is 9.37. The molecule has 0 radical (unpaired) electrons. The zero-order valence-corrected chi connectivity index (χ0v) is 14.2. The highest BCUT2D eigenvalue weighted by molar-refractivity contribution is 4.97. The third kappa shape index (κ3) is 4.69. The van der Waals surface area contributed by atoms with Crippen LogP contribution in [0.5, 0.6) is 0 Å². The SMILES string of the molecule is CNC(C)(CO)CCCCN(C)CC1(N(C)C)CCC1. The van der Waals surface area contributed by atoms with Crippen molar-refractivity contribution < 1.29 is 5.11 Å². The van der Waals surface area contributed by atoms with Gasteiger partial charge in [0.25, 0.3) is 0 Å². The molecule has 4 heteroatoms. The van der Waals surface area contributed by atoms with Gasteiger partial charge < -0.3 is 20.2 Å². The van der Waals surface area contributed by atoms with Gasteiger partial charge in [-0.15, -0.1) is 0 Å². The van der Waals surface area contributed by atoms with Crippen molar-refractivity contribution in [1.82, 2.24) is 15.1 Å². The van der Waals surface area contributed by atoms with Crippen LogP contribution in [-0.4, -0.2) is 73.9 Å². The Labute approximate surface area is 125 Å². The second-order valence-corrected chi connectivity index (χ2v) is 7.14. The van der Waals surface area contributed by atoms with Gasteiger partial charge in [-0.05, 0) is 73.8 Å². The third-order valence-electron chi connectivity index (χ3n) is 5.27. The van der Waals surface area contributed by atoms with Crippen LogP contribution in [0, 0.1) is 0 Å². The van der Waals surface area contributed by atoms with E-state index in [2.05, 4.69) is 43.2 Å². The summed E-state index contributed by atoms with van der Waals surface area (Å²) in [7, 11) is 8.60. The minimum absolute atomic E-state index is 0.114. The number of hydrogen-bond acceptors (Lipinski definition) is 4. The molecule has 0 aromatic carbocycles. The molecule has 2 N–H and O–H groups in total. The molecule has 1 fully saturated rings. The van der Waals surface area contributed by atoms with Gasteiger partial charge in [-0.3, -0.25) is 0 Å². The first kappa shape index (κ1) is 17.9. The number of hydrogen-bond donors (Lipinski definition) is 2. The van der Waals surface area contributed by atoms with Gasteiger partial charge >= 0.3 is 0 Å². The Morgan fingerprint density at radius 3 is 2.25 bits per heavy atom. The molecule has 4 nitrogen and oxygen atoms in total. The van der Waals surface area contributed by atoms with Crippen LogP contribution >= 0.6 is 0 Å². The zero-order chi connectivity index (χ0) is 15.2. The molecule has 0 aliphatic heterocycles. The van der Waals surface area contributed by atoms with Crippen LogP contribution in [0.3, 0.4) is 0 Å². The van der Waals surface area contributed by atoms with E-state index in [9.17, 15) is 5.11 Å². The summed E-state index contributed by atoms with van der Waals surface area (Å²) in [6.45, 7) is 4.64. The quantitative estimate of drug-likeness (QED) is 0.597. The average molecular weight is 285 g/mol. The molecule has 0 amide bonds. The van der Waals surface area contributed by atoms with E-state index < -0.39 is 0 Å². The van der Waals surface area contributed by atoms with E-state index in [0.717, 1.165) is 19.4 Å². The maximum absolute atomic E-state index is 9.37. The van der Waals surface area contributed by atoms with E-state index in [-0.39, 0.29) is 12.1 Å². The molecule has 0 aromatic rings. The molecule has 1 aliphatic carbocycles. The largest absolute Gasteiger partial charge is 0.394 e. The topological polar surface area (TPSA) is 38.7 Å². The predicted molar refractivity (Wildman–Crippen MR) is 86.2 cm³/mol. The summed E-state index contributed by atoms with van der Waals surface area (Å²) in [4.78, 5) is 4.89. The molecule has 0 saturated heterocycles. The number of aliphatic hydroxyl groups excluding tert-OH is 1. The van der Waals surface area contributed by atoms with Crippen LogP contribution in [0.15, 0.2) is 0 Å². The van der Waals surface area contributed by atoms with Crippen molar-refractivity contribution in [3.05, 3.63) is 0 Å². The van der Waals surface area contributed by atoms with Crippen molar-refractivity contribution in [2.75, 3.05) is 47.9 Å². The first-order valence-electron chi connectivity index (χ1n) is 8.03. The van der Waals surface area contributed by atoms with Crippen molar-refractivity contribution in [3.8, 4) is 0 Å². The molecule has 1 aliphatic rings. The molecule has 0 heterocycles. The van der Waals surface area contributed by atoms with Gasteiger partial charge in [0.2, 0.25) is 0 Å². The smallest absolute Gasteiger partial charge is 0.0610 e. The molecule has 1 rings (SSSR count). The standard InChI is InChI=1S/C16H35N3O/c1-15(14-20,17-2)9-6-7-12-19(5)13-16(18(3)4)10-8-11-16/h17,20H,6-14H2,1-5H3. The number of likely N-dealkylation sites (N-methyl/N-ethyl adjacent to an activating group) is 3. The lowest BCUT2D eigenvalue weighted by atomic mass is 9.75. The van der Waals surface area contributed by atoms with Gasteiger partial charge in [-0.2, -0.15) is 0 Å². The lowest BCUT2D eigenvalue weighted by Crippen LogP contribution is -2.56. The number of nitrogens with zero attached hydrogens (tertiary/aromatic N) is 2. The fourth-order valence-corrected chi connectivity index (χ4v) is 3.09. The summed E-state index contributed by atoms with van der Waals surface area (Å²) < 4.78 is 0. The van der Waals surface area contributed by atoms with Crippen molar-refractivity contribution in [3.63, 3.8) is 0 Å². The number of rotatable bonds is 10. The van der Waals surface area contributed by atoms with E-state index in [0.29, 0.717) is 5.54 Å². The lowest BCUT2D eigenvalue weighted by molar-refractivity contribution is 0.0273. The average Bonchev–Trinajstić information content (AvgIpc) is 2.38. The molecule has 1 saturated carbocycles. The van der Waals surface area contributed by atoms with Crippen LogP contribution < -0.4 is 5.32 Å². The molecule has 1 atom stereocenters. The van der Waals surface area contributed by atoms with Crippen molar-refractivity contribution in [2.24, 2.45) is 0 Å². The Bertz CT molecular complexity index is 273. The van der Waals surface area contributed by atoms with Gasteiger partial charge in [0, 0.05) is 17.6 Å². The fourth-order valence-electron chi connectivity index (χ4n) is 3.09. The van der Waals surface area contributed by atoms with Gasteiger partial charge in [-0.1, -0.05) is 6.42 Å². The molecular formula is C16H35N3O. The maximum Gasteiger partial charge on any atom is 0.0610 e. The van der Waals surface area contributed by atoms with Crippen LogP contribution in [0.2, 0.25) is 0 Å². The minimum atomic E-state index is -0.114. The molecule has 0 spiro atoms. The van der Waals surface area contributed by atoms with Crippen molar-refractivity contribution >= 4 is 0 Å². The number of aliphatic hydroxyl groups is 1. The van der Waals surface area contributed by atoms with Gasteiger partial charge in [0.1, 0.15) is 0 Å². The predicted octanol–water partition coefficient (Wildman–Crippen LogP) is 1.54. The normalized spacial score (nSPS) is 21.0. The fraction of sp³-hybridized carbons (Fsp3) is 1.00. The van der Waals surface area contributed by atoms with Crippen molar-refractivity contribution in [2.45, 2.75) is 56.5 Å². The summed E-state index contributed by atoms with van der Waals surface area (Å²) >= 11 is 0. The second kappa shape index (κ2) is 7.74. The molecule has 1 unspecified atom stereocenters. The summed E-state index contributed by atoms with van der Waals surface area (Å²) in [5.74, 6) is 0. The molecule has 20 heavy (non-hydrogen) atoms. The van der Waals surface area contributed by atoms with Gasteiger partial charge in [-0.25, -0.2) is 0 Å². The van der Waals surface area contributed by atoms with Gasteiger partial charge in [0.15, 0.2) is 0 Å². The monoisotopic (exact) mass is 285 g/mol. The molecular weight excluding hydrogens is 250 g/mol. The highest BCUT2D eigenvalue weighted by Crippen LogP contribution is 2.36. The van der Waals surface area contributed by atoms with Crippen LogP contribution in [0.25, 0.3) is 0 Å². The van der Waals surface area contributed by atoms with E-state index in [1.54, 1.807) is 0 Å². The Balaban J connectivity index is 2.22. The van der Waals surface area contributed by atoms with E-state index in [1.807, 2.05) is 7.05 Å². The second-order valence-electron chi connectivity index (χ2n) is 7.14. The van der Waals surface area contributed by atoms with E-state index >= 15 is 0 Å².